The Hall–Kier alpha value is -1.09. The van der Waals surface area contributed by atoms with Crippen molar-refractivity contribution in [1.82, 2.24) is 4.90 Å². The molecule has 15 heavy (non-hydrogen) atoms. The van der Waals surface area contributed by atoms with Crippen LogP contribution in [0.4, 0.5) is 0 Å². The van der Waals surface area contributed by atoms with Crippen LogP contribution in [0.25, 0.3) is 6.08 Å². The van der Waals surface area contributed by atoms with Crippen LogP contribution in [-0.4, -0.2) is 21.7 Å². The molecule has 1 aromatic rings. The van der Waals surface area contributed by atoms with Crippen LogP contribution in [0.3, 0.4) is 0 Å². The molecule has 1 aromatic carbocycles. The summed E-state index contributed by atoms with van der Waals surface area (Å²) in [5, 5.41) is 0. The van der Waals surface area contributed by atoms with Gasteiger partial charge in [0.25, 0.3) is 0 Å². The zero-order valence-corrected chi connectivity index (χ0v) is 9.13. The molecular formula is C10H12NO3P. The van der Waals surface area contributed by atoms with E-state index in [2.05, 4.69) is 0 Å². The summed E-state index contributed by atoms with van der Waals surface area (Å²) < 4.78 is 11.4. The summed E-state index contributed by atoms with van der Waals surface area (Å²) in [7, 11) is -2.49. The van der Waals surface area contributed by atoms with Crippen molar-refractivity contribution in [2.24, 2.45) is 0 Å². The van der Waals surface area contributed by atoms with Crippen molar-refractivity contribution in [2.45, 2.75) is 5.78 Å². The first-order chi connectivity index (χ1) is 7.00. The first kappa shape index (κ1) is 10.4. The fourth-order valence-corrected chi connectivity index (χ4v) is 2.96. The zero-order valence-electron chi connectivity index (χ0n) is 8.24. The highest BCUT2D eigenvalue weighted by Crippen LogP contribution is 2.55. The minimum atomic E-state index is -4.15. The summed E-state index contributed by atoms with van der Waals surface area (Å²) in [5.74, 6) is -0.862. The van der Waals surface area contributed by atoms with Gasteiger partial charge in [-0.3, -0.25) is 4.57 Å². The number of hydrogen-bond acceptors (Lipinski definition) is 2. The molecule has 0 radical (unpaired) electrons. The Bertz CT molecular complexity index is 452. The van der Waals surface area contributed by atoms with E-state index in [0.717, 1.165) is 5.56 Å². The standard InChI is InChI=1S/C10H12NO3P/c1-11-7-6-8-4-2-3-5-9(8)10(11)15(12,13)14/h2-7,10H,1H3,(H2,12,13,14). The molecule has 0 amide bonds. The van der Waals surface area contributed by atoms with Crippen LogP contribution >= 0.6 is 7.60 Å². The van der Waals surface area contributed by atoms with Gasteiger partial charge in [0.05, 0.1) is 0 Å². The molecule has 1 atom stereocenters. The lowest BCUT2D eigenvalue weighted by Gasteiger charge is -2.31. The van der Waals surface area contributed by atoms with Crippen LogP contribution in [0.5, 0.6) is 0 Å². The summed E-state index contributed by atoms with van der Waals surface area (Å²) in [5.41, 5.74) is 1.54. The Labute approximate surface area is 88.0 Å². The summed E-state index contributed by atoms with van der Waals surface area (Å²) in [6.45, 7) is 0. The molecule has 0 aliphatic carbocycles. The van der Waals surface area contributed by atoms with E-state index in [1.54, 1.807) is 30.3 Å². The monoisotopic (exact) mass is 225 g/mol. The van der Waals surface area contributed by atoms with Crippen LogP contribution < -0.4 is 0 Å². The molecule has 1 aliphatic rings. The SMILES string of the molecule is CN1C=Cc2ccccc2C1P(=O)(O)O. The molecule has 5 heteroatoms. The molecule has 0 fully saturated rings. The minimum Gasteiger partial charge on any atom is -0.363 e. The molecular weight excluding hydrogens is 213 g/mol. The van der Waals surface area contributed by atoms with Crippen molar-refractivity contribution in [1.29, 1.82) is 0 Å². The van der Waals surface area contributed by atoms with Crippen molar-refractivity contribution in [3.8, 4) is 0 Å². The van der Waals surface area contributed by atoms with Crippen LogP contribution in [0.15, 0.2) is 30.5 Å². The fraction of sp³-hybridized carbons (Fsp3) is 0.200. The van der Waals surface area contributed by atoms with Crippen molar-refractivity contribution in [3.05, 3.63) is 41.6 Å². The Kier molecular flexibility index (Phi) is 2.43. The van der Waals surface area contributed by atoms with E-state index in [4.69, 9.17) is 0 Å². The third kappa shape index (κ3) is 1.84. The van der Waals surface area contributed by atoms with Gasteiger partial charge < -0.3 is 14.7 Å². The molecule has 0 aromatic heterocycles. The van der Waals surface area contributed by atoms with E-state index in [0.29, 0.717) is 5.56 Å². The molecule has 0 bridgehead atoms. The molecule has 0 saturated carbocycles. The van der Waals surface area contributed by atoms with Gasteiger partial charge in [-0.1, -0.05) is 24.3 Å². The van der Waals surface area contributed by atoms with Crippen molar-refractivity contribution < 1.29 is 14.4 Å². The van der Waals surface area contributed by atoms with E-state index in [1.165, 1.54) is 0 Å². The maximum absolute atomic E-state index is 11.4. The third-order valence-corrected chi connectivity index (χ3v) is 3.75. The maximum atomic E-state index is 11.4. The number of fused-ring (bicyclic) bond motifs is 1. The average Bonchev–Trinajstić information content (AvgIpc) is 2.15. The van der Waals surface area contributed by atoms with Gasteiger partial charge in [-0.25, -0.2) is 0 Å². The van der Waals surface area contributed by atoms with Gasteiger partial charge in [0.15, 0.2) is 5.78 Å². The zero-order chi connectivity index (χ0) is 11.1. The van der Waals surface area contributed by atoms with Crippen molar-refractivity contribution >= 4 is 13.7 Å². The van der Waals surface area contributed by atoms with Gasteiger partial charge in [0, 0.05) is 13.2 Å². The van der Waals surface area contributed by atoms with Crippen molar-refractivity contribution in [3.63, 3.8) is 0 Å². The lowest BCUT2D eigenvalue weighted by atomic mass is 10.0. The number of nitrogens with zero attached hydrogens (tertiary/aromatic N) is 1. The molecule has 1 unspecified atom stereocenters. The molecule has 0 saturated heterocycles. The fourth-order valence-electron chi connectivity index (χ4n) is 1.82. The Morgan fingerprint density at radius 3 is 2.67 bits per heavy atom. The van der Waals surface area contributed by atoms with E-state index in [-0.39, 0.29) is 0 Å². The number of rotatable bonds is 1. The largest absolute Gasteiger partial charge is 0.363 e. The van der Waals surface area contributed by atoms with E-state index >= 15 is 0 Å². The predicted molar refractivity (Wildman–Crippen MR) is 58.0 cm³/mol. The molecule has 2 rings (SSSR count). The third-order valence-electron chi connectivity index (χ3n) is 2.47. The Morgan fingerprint density at radius 1 is 1.33 bits per heavy atom. The van der Waals surface area contributed by atoms with Crippen LogP contribution in [0.1, 0.15) is 16.9 Å². The van der Waals surface area contributed by atoms with Crippen LogP contribution in [0, 0.1) is 0 Å². The van der Waals surface area contributed by atoms with Crippen LogP contribution in [0.2, 0.25) is 0 Å². The lowest BCUT2D eigenvalue weighted by Crippen LogP contribution is -2.22. The van der Waals surface area contributed by atoms with Gasteiger partial charge in [-0.15, -0.1) is 0 Å². The summed E-state index contributed by atoms with van der Waals surface area (Å²) >= 11 is 0. The first-order valence-corrected chi connectivity index (χ1v) is 6.22. The average molecular weight is 225 g/mol. The number of hydrogen-bond donors (Lipinski definition) is 2. The minimum absolute atomic E-state index is 0.677. The summed E-state index contributed by atoms with van der Waals surface area (Å²) in [4.78, 5) is 20.1. The molecule has 1 aliphatic heterocycles. The topological polar surface area (TPSA) is 60.8 Å². The molecule has 80 valence electrons. The Morgan fingerprint density at radius 2 is 2.00 bits per heavy atom. The van der Waals surface area contributed by atoms with Gasteiger partial charge in [0.1, 0.15) is 0 Å². The number of benzene rings is 1. The van der Waals surface area contributed by atoms with Crippen molar-refractivity contribution in [2.75, 3.05) is 7.05 Å². The summed E-state index contributed by atoms with van der Waals surface area (Å²) in [6, 6.07) is 7.24. The first-order valence-electron chi connectivity index (χ1n) is 4.54. The second-order valence-corrected chi connectivity index (χ2v) is 5.24. The maximum Gasteiger partial charge on any atom is 0.352 e. The summed E-state index contributed by atoms with van der Waals surface area (Å²) in [6.07, 6.45) is 3.54. The van der Waals surface area contributed by atoms with E-state index < -0.39 is 13.4 Å². The molecule has 4 nitrogen and oxygen atoms in total. The predicted octanol–water partition coefficient (Wildman–Crippen LogP) is 1.78. The highest BCUT2D eigenvalue weighted by atomic mass is 31.2. The second-order valence-electron chi connectivity index (χ2n) is 3.57. The van der Waals surface area contributed by atoms with Crippen LogP contribution in [-0.2, 0) is 4.57 Å². The lowest BCUT2D eigenvalue weighted by molar-refractivity contribution is 0.301. The van der Waals surface area contributed by atoms with Gasteiger partial charge in [-0.05, 0) is 17.2 Å². The van der Waals surface area contributed by atoms with Gasteiger partial charge in [-0.2, -0.15) is 0 Å². The second kappa shape index (κ2) is 3.49. The van der Waals surface area contributed by atoms with E-state index in [1.807, 2.05) is 18.2 Å². The van der Waals surface area contributed by atoms with Gasteiger partial charge >= 0.3 is 7.60 Å². The Balaban J connectivity index is 2.57. The highest BCUT2D eigenvalue weighted by Gasteiger charge is 2.35. The smallest absolute Gasteiger partial charge is 0.352 e. The quantitative estimate of drug-likeness (QED) is 0.715. The molecule has 2 N–H and O–H groups in total. The molecule has 1 heterocycles. The van der Waals surface area contributed by atoms with Gasteiger partial charge in [0.2, 0.25) is 0 Å². The highest BCUT2D eigenvalue weighted by molar-refractivity contribution is 7.52. The van der Waals surface area contributed by atoms with E-state index in [9.17, 15) is 14.4 Å². The molecule has 0 spiro atoms. The normalized spacial score (nSPS) is 20.2.